The lowest BCUT2D eigenvalue weighted by Crippen LogP contribution is -2.23. The lowest BCUT2D eigenvalue weighted by Gasteiger charge is -2.34. The standard InChI is InChI=1S/C23H24/c1-18-14-19(2)22(15-20-10-6-4-7-11-20)23(3,16-18)17-21-12-8-5-9-13-21/h4-16H,17H2,1-3H3/b22-15+. The summed E-state index contributed by atoms with van der Waals surface area (Å²) in [6, 6.07) is 21.4. The minimum atomic E-state index is 0.0279. The number of rotatable bonds is 3. The van der Waals surface area contributed by atoms with Crippen LogP contribution in [0.5, 0.6) is 0 Å². The summed E-state index contributed by atoms with van der Waals surface area (Å²) in [4.78, 5) is 0. The largest absolute Gasteiger partial charge is 0.0709 e. The molecule has 0 nitrogen and oxygen atoms in total. The van der Waals surface area contributed by atoms with Crippen molar-refractivity contribution in [1.82, 2.24) is 0 Å². The Morgan fingerprint density at radius 2 is 1.48 bits per heavy atom. The van der Waals surface area contributed by atoms with Crippen LogP contribution in [0, 0.1) is 5.41 Å². The average molecular weight is 300 g/mol. The van der Waals surface area contributed by atoms with Gasteiger partial charge in [-0.25, -0.2) is 0 Å². The fourth-order valence-corrected chi connectivity index (χ4v) is 3.65. The van der Waals surface area contributed by atoms with Crippen molar-refractivity contribution < 1.29 is 0 Å². The summed E-state index contributed by atoms with van der Waals surface area (Å²) in [5.41, 5.74) is 6.81. The summed E-state index contributed by atoms with van der Waals surface area (Å²) >= 11 is 0. The van der Waals surface area contributed by atoms with Crippen LogP contribution < -0.4 is 0 Å². The molecule has 1 atom stereocenters. The van der Waals surface area contributed by atoms with Gasteiger partial charge in [0.25, 0.3) is 0 Å². The maximum atomic E-state index is 2.42. The molecule has 1 aliphatic rings. The highest BCUT2D eigenvalue weighted by Crippen LogP contribution is 2.42. The lowest BCUT2D eigenvalue weighted by atomic mass is 9.70. The van der Waals surface area contributed by atoms with Crippen molar-refractivity contribution in [2.75, 3.05) is 0 Å². The Morgan fingerprint density at radius 1 is 0.870 bits per heavy atom. The topological polar surface area (TPSA) is 0 Å². The van der Waals surface area contributed by atoms with Crippen molar-refractivity contribution in [3.63, 3.8) is 0 Å². The molecular weight excluding hydrogens is 276 g/mol. The molecule has 0 spiro atoms. The summed E-state index contributed by atoms with van der Waals surface area (Å²) in [6.07, 6.45) is 8.08. The first-order valence-corrected chi connectivity index (χ1v) is 8.26. The maximum absolute atomic E-state index is 2.42. The van der Waals surface area contributed by atoms with Crippen LogP contribution in [-0.2, 0) is 6.42 Å². The monoisotopic (exact) mass is 300 g/mol. The van der Waals surface area contributed by atoms with Gasteiger partial charge in [-0.2, -0.15) is 0 Å². The molecule has 0 radical (unpaired) electrons. The van der Waals surface area contributed by atoms with Gasteiger partial charge in [0.1, 0.15) is 0 Å². The first kappa shape index (κ1) is 15.6. The molecule has 0 aromatic heterocycles. The molecule has 1 aliphatic carbocycles. The Bertz CT molecular complexity index is 760. The molecule has 1 unspecified atom stereocenters. The first-order valence-electron chi connectivity index (χ1n) is 8.26. The molecule has 0 bridgehead atoms. The van der Waals surface area contributed by atoms with Crippen molar-refractivity contribution in [1.29, 1.82) is 0 Å². The number of hydrogen-bond acceptors (Lipinski definition) is 0. The molecular formula is C23H24. The van der Waals surface area contributed by atoms with Crippen LogP contribution >= 0.6 is 0 Å². The molecule has 0 fully saturated rings. The van der Waals surface area contributed by atoms with E-state index in [2.05, 4.69) is 99.7 Å². The van der Waals surface area contributed by atoms with Crippen LogP contribution in [0.1, 0.15) is 31.9 Å². The second-order valence-electron chi connectivity index (χ2n) is 6.76. The van der Waals surface area contributed by atoms with E-state index < -0.39 is 0 Å². The van der Waals surface area contributed by atoms with Gasteiger partial charge < -0.3 is 0 Å². The molecule has 0 aliphatic heterocycles. The molecule has 0 heteroatoms. The lowest BCUT2D eigenvalue weighted by molar-refractivity contribution is 0.512. The van der Waals surface area contributed by atoms with Crippen molar-refractivity contribution in [2.45, 2.75) is 27.2 Å². The molecule has 0 N–H and O–H groups in total. The highest BCUT2D eigenvalue weighted by Gasteiger charge is 2.30. The molecule has 2 aromatic rings. The smallest absolute Gasteiger partial charge is 0.0152 e. The quantitative estimate of drug-likeness (QED) is 0.630. The van der Waals surface area contributed by atoms with Crippen molar-refractivity contribution in [3.05, 3.63) is 101 Å². The number of allylic oxidation sites excluding steroid dienone is 5. The first-order chi connectivity index (χ1) is 11.1. The van der Waals surface area contributed by atoms with Gasteiger partial charge in [-0.1, -0.05) is 91.4 Å². The van der Waals surface area contributed by atoms with Gasteiger partial charge in [0.15, 0.2) is 0 Å². The van der Waals surface area contributed by atoms with Crippen molar-refractivity contribution >= 4 is 6.08 Å². The van der Waals surface area contributed by atoms with Crippen LogP contribution in [0.25, 0.3) is 6.08 Å². The predicted molar refractivity (Wildman–Crippen MR) is 100 cm³/mol. The molecule has 23 heavy (non-hydrogen) atoms. The summed E-state index contributed by atoms with van der Waals surface area (Å²) in [5.74, 6) is 0. The van der Waals surface area contributed by atoms with E-state index in [0.29, 0.717) is 0 Å². The zero-order chi connectivity index (χ0) is 16.3. The third-order valence-corrected chi connectivity index (χ3v) is 4.56. The molecule has 2 aromatic carbocycles. The average Bonchev–Trinajstić information content (AvgIpc) is 2.53. The molecule has 116 valence electrons. The van der Waals surface area contributed by atoms with Crippen LogP contribution in [0.2, 0.25) is 0 Å². The van der Waals surface area contributed by atoms with Gasteiger partial charge in [-0.05, 0) is 42.5 Å². The Kier molecular flexibility index (Phi) is 4.34. The van der Waals surface area contributed by atoms with Gasteiger partial charge in [-0.3, -0.25) is 0 Å². The van der Waals surface area contributed by atoms with E-state index in [0.717, 1.165) is 6.42 Å². The van der Waals surface area contributed by atoms with Crippen molar-refractivity contribution in [2.24, 2.45) is 5.41 Å². The summed E-state index contributed by atoms with van der Waals surface area (Å²) < 4.78 is 0. The minimum absolute atomic E-state index is 0.0279. The summed E-state index contributed by atoms with van der Waals surface area (Å²) in [6.45, 7) is 6.79. The highest BCUT2D eigenvalue weighted by molar-refractivity contribution is 5.64. The predicted octanol–water partition coefficient (Wildman–Crippen LogP) is 6.23. The Hall–Kier alpha value is -2.34. The van der Waals surface area contributed by atoms with E-state index in [1.54, 1.807) is 0 Å². The zero-order valence-electron chi connectivity index (χ0n) is 14.2. The van der Waals surface area contributed by atoms with Crippen molar-refractivity contribution in [3.8, 4) is 0 Å². The molecule has 0 saturated heterocycles. The van der Waals surface area contributed by atoms with E-state index >= 15 is 0 Å². The second kappa shape index (κ2) is 6.42. The Morgan fingerprint density at radius 3 is 2.13 bits per heavy atom. The van der Waals surface area contributed by atoms with Gasteiger partial charge in [0, 0.05) is 5.41 Å². The SMILES string of the molecule is CC1=CC(C)(Cc2ccccc2)/C(=C/c2ccccc2)C(C)=C1. The third kappa shape index (κ3) is 3.53. The number of hydrogen-bond donors (Lipinski definition) is 0. The van der Waals surface area contributed by atoms with Crippen LogP contribution in [-0.4, -0.2) is 0 Å². The van der Waals surface area contributed by atoms with E-state index in [1.165, 1.54) is 27.8 Å². The zero-order valence-corrected chi connectivity index (χ0v) is 14.2. The van der Waals surface area contributed by atoms with Crippen LogP contribution in [0.4, 0.5) is 0 Å². The van der Waals surface area contributed by atoms with E-state index in [1.807, 2.05) is 0 Å². The van der Waals surface area contributed by atoms with Gasteiger partial charge in [-0.15, -0.1) is 0 Å². The third-order valence-electron chi connectivity index (χ3n) is 4.56. The Labute approximate surface area is 139 Å². The van der Waals surface area contributed by atoms with E-state index in [9.17, 15) is 0 Å². The van der Waals surface area contributed by atoms with Gasteiger partial charge in [0.05, 0.1) is 0 Å². The maximum Gasteiger partial charge on any atom is 0.0152 e. The second-order valence-corrected chi connectivity index (χ2v) is 6.76. The highest BCUT2D eigenvalue weighted by atomic mass is 14.3. The molecule has 0 amide bonds. The summed E-state index contributed by atoms with van der Waals surface area (Å²) in [7, 11) is 0. The minimum Gasteiger partial charge on any atom is -0.0709 e. The van der Waals surface area contributed by atoms with E-state index in [4.69, 9.17) is 0 Å². The van der Waals surface area contributed by atoms with E-state index in [-0.39, 0.29) is 5.41 Å². The number of benzene rings is 2. The fourth-order valence-electron chi connectivity index (χ4n) is 3.65. The molecule has 3 rings (SSSR count). The molecule has 0 heterocycles. The van der Waals surface area contributed by atoms with Gasteiger partial charge >= 0.3 is 0 Å². The Balaban J connectivity index is 2.04. The molecule has 0 saturated carbocycles. The normalized spacial score (nSPS) is 22.7. The van der Waals surface area contributed by atoms with Crippen LogP contribution in [0.15, 0.2) is 89.5 Å². The van der Waals surface area contributed by atoms with Gasteiger partial charge in [0.2, 0.25) is 0 Å². The summed E-state index contributed by atoms with van der Waals surface area (Å²) in [5, 5.41) is 0. The fraction of sp³-hybridized carbons (Fsp3) is 0.217. The van der Waals surface area contributed by atoms with Crippen LogP contribution in [0.3, 0.4) is 0 Å².